The fourth-order valence-corrected chi connectivity index (χ4v) is 3.89. The van der Waals surface area contributed by atoms with E-state index in [0.717, 1.165) is 0 Å². The average molecular weight is 680 g/mol. The summed E-state index contributed by atoms with van der Waals surface area (Å²) in [6.07, 6.45) is 2.41. The smallest absolute Gasteiger partial charge is 0.335 e. The van der Waals surface area contributed by atoms with Crippen molar-refractivity contribution >= 4 is 40.8 Å². The average Bonchev–Trinajstić information content (AvgIpc) is 3.11. The molecular weight excluding hydrogens is 638 g/mol. The van der Waals surface area contributed by atoms with Crippen molar-refractivity contribution in [3.8, 4) is 0 Å². The Morgan fingerprint density at radius 3 is 1.29 bits per heavy atom. The summed E-state index contributed by atoms with van der Waals surface area (Å²) >= 11 is 0. The number of aliphatic hydroxyl groups excluding tert-OH is 6. The zero-order chi connectivity index (χ0) is 37.9. The molecule has 0 radical (unpaired) electrons. The van der Waals surface area contributed by atoms with E-state index in [4.69, 9.17) is 36.0 Å². The van der Waals surface area contributed by atoms with Crippen LogP contribution in [0.15, 0.2) is 87.5 Å². The lowest BCUT2D eigenvalue weighted by Crippen LogP contribution is -2.76. The Morgan fingerprint density at radius 2 is 1.06 bits per heavy atom. The Bertz CT molecular complexity index is 1320. The first-order valence-electron chi connectivity index (χ1n) is 13.4. The Balaban J connectivity index is 0. The number of nitrogen functional groups attached to an aromatic ring is 1. The first-order valence-corrected chi connectivity index (χ1v) is 13.4. The first-order chi connectivity index (χ1) is 22.4. The minimum atomic E-state index is -3.50. The summed E-state index contributed by atoms with van der Waals surface area (Å²) in [7, 11) is 0. The second-order valence-electron chi connectivity index (χ2n) is 9.75. The van der Waals surface area contributed by atoms with Gasteiger partial charge in [-0.15, -0.1) is 0 Å². The summed E-state index contributed by atoms with van der Waals surface area (Å²) in [4.78, 5) is 73.0. The number of benzene rings is 1. The van der Waals surface area contributed by atoms with Crippen LogP contribution in [0.25, 0.3) is 0 Å². The minimum Gasteiger partial charge on any atom is -0.478 e. The number of esters is 1. The number of nitrogens with two attached hydrogens (primary N) is 1. The Kier molecular flexibility index (Phi) is 19.1. The number of aromatic carboxylic acids is 1. The third kappa shape index (κ3) is 9.33. The Hall–Kier alpha value is -4.94. The molecule has 0 fully saturated rings. The van der Waals surface area contributed by atoms with Gasteiger partial charge in [-0.1, -0.05) is 39.0 Å². The van der Waals surface area contributed by atoms with E-state index in [9.17, 15) is 44.1 Å². The molecule has 0 heterocycles. The highest BCUT2D eigenvalue weighted by molar-refractivity contribution is 6.25. The zero-order valence-corrected chi connectivity index (χ0v) is 26.0. The van der Waals surface area contributed by atoms with Crippen molar-refractivity contribution in [2.24, 2.45) is 10.8 Å². The van der Waals surface area contributed by atoms with Gasteiger partial charge in [0.2, 0.25) is 22.8 Å². The van der Waals surface area contributed by atoms with Crippen molar-refractivity contribution in [2.45, 2.75) is 11.2 Å². The van der Waals surface area contributed by atoms with Gasteiger partial charge in [-0.05, 0) is 42.5 Å². The van der Waals surface area contributed by atoms with Crippen molar-refractivity contribution in [1.82, 2.24) is 0 Å². The fourth-order valence-electron chi connectivity index (χ4n) is 3.89. The van der Waals surface area contributed by atoms with Crippen LogP contribution in [-0.4, -0.2) is 127 Å². The highest BCUT2D eigenvalue weighted by Crippen LogP contribution is 2.47. The Morgan fingerprint density at radius 1 is 0.667 bits per heavy atom. The third-order valence-corrected chi connectivity index (χ3v) is 6.95. The van der Waals surface area contributed by atoms with Crippen LogP contribution < -0.4 is 5.73 Å². The standard InChI is InChI=1S/C20H22O9.C7H7NO2.C5H12O4/c1-6-13(23)19(28,14(24)7-2)18(11-21,12-22)20(15(25)8-3,16(26)9-4)29-17(27)10-5;8-6-3-1-2-5(4-6)7(9)10;6-1-5(2-7,3-8)4-9/h6-10,21-22,28H,1-5,11-12H2;1-4H,8H2,(H,9,10);6-9H,1-4H2. The van der Waals surface area contributed by atoms with Gasteiger partial charge >= 0.3 is 11.9 Å². The SMILES string of the molecule is C=CC(=O)OC(C(=O)C=C)(C(=O)C=C)C(CO)(CO)C(O)(C(=O)C=C)C(=O)C=C.Nc1cccc(C(=O)O)c1.OCC(CO)(CO)CO. The maximum absolute atomic E-state index is 12.8. The lowest BCUT2D eigenvalue weighted by atomic mass is 9.56. The van der Waals surface area contributed by atoms with Gasteiger partial charge in [-0.3, -0.25) is 19.2 Å². The normalized spacial score (nSPS) is 11.1. The molecule has 16 heteroatoms. The summed E-state index contributed by atoms with van der Waals surface area (Å²) in [5.41, 5.74) is -5.04. The first kappa shape index (κ1) is 45.2. The molecule has 0 spiro atoms. The summed E-state index contributed by atoms with van der Waals surface area (Å²) in [5, 5.41) is 73.8. The molecule has 1 aromatic carbocycles. The maximum atomic E-state index is 12.8. The largest absolute Gasteiger partial charge is 0.478 e. The van der Waals surface area contributed by atoms with Gasteiger partial charge in [0.15, 0.2) is 11.6 Å². The summed E-state index contributed by atoms with van der Waals surface area (Å²) in [6.45, 7) is 10.9. The number of carboxylic acids is 1. The highest BCUT2D eigenvalue weighted by atomic mass is 16.6. The molecule has 10 N–H and O–H groups in total. The molecule has 0 amide bonds. The van der Waals surface area contributed by atoms with E-state index in [-0.39, 0.29) is 5.56 Å². The van der Waals surface area contributed by atoms with E-state index >= 15 is 0 Å². The van der Waals surface area contributed by atoms with E-state index in [1.807, 2.05) is 0 Å². The molecule has 0 aliphatic heterocycles. The molecule has 0 aliphatic rings. The summed E-state index contributed by atoms with van der Waals surface area (Å²) < 4.78 is 4.92. The number of hydrogen-bond acceptors (Lipinski definition) is 15. The van der Waals surface area contributed by atoms with E-state index in [1.165, 1.54) is 12.1 Å². The van der Waals surface area contributed by atoms with E-state index in [2.05, 4.69) is 32.9 Å². The van der Waals surface area contributed by atoms with Crippen molar-refractivity contribution in [1.29, 1.82) is 0 Å². The maximum Gasteiger partial charge on any atom is 0.335 e. The van der Waals surface area contributed by atoms with Crippen molar-refractivity contribution < 1.29 is 74.4 Å². The molecule has 1 aromatic rings. The molecule has 0 saturated heterocycles. The van der Waals surface area contributed by atoms with Crippen LogP contribution in [0.2, 0.25) is 0 Å². The predicted molar refractivity (Wildman–Crippen MR) is 170 cm³/mol. The number of ether oxygens (including phenoxy) is 1. The second kappa shape index (κ2) is 20.3. The highest BCUT2D eigenvalue weighted by Gasteiger charge is 2.74. The fraction of sp³-hybridized carbons (Fsp3) is 0.312. The molecule has 0 bridgehead atoms. The van der Waals surface area contributed by atoms with Gasteiger partial charge in [-0.2, -0.15) is 0 Å². The number of aliphatic hydroxyl groups is 7. The van der Waals surface area contributed by atoms with Gasteiger partial charge in [-0.25, -0.2) is 9.59 Å². The van der Waals surface area contributed by atoms with Gasteiger partial charge in [0.05, 0.1) is 50.6 Å². The van der Waals surface area contributed by atoms with Crippen LogP contribution in [0.5, 0.6) is 0 Å². The molecule has 0 saturated carbocycles. The lowest BCUT2D eigenvalue weighted by molar-refractivity contribution is -0.222. The molecule has 1 rings (SSSR count). The lowest BCUT2D eigenvalue weighted by Gasteiger charge is -2.50. The molecule has 0 aliphatic carbocycles. The quantitative estimate of drug-likeness (QED) is 0.0333. The summed E-state index contributed by atoms with van der Waals surface area (Å²) in [5.74, 6) is -8.33. The molecular formula is C32H41NO15. The van der Waals surface area contributed by atoms with E-state index < -0.39 is 96.7 Å². The van der Waals surface area contributed by atoms with Crippen LogP contribution in [0.3, 0.4) is 0 Å². The van der Waals surface area contributed by atoms with Gasteiger partial charge < -0.3 is 51.3 Å². The molecule has 48 heavy (non-hydrogen) atoms. The molecule has 264 valence electrons. The molecule has 0 aromatic heterocycles. The zero-order valence-electron chi connectivity index (χ0n) is 26.0. The molecule has 16 nitrogen and oxygen atoms in total. The second-order valence-corrected chi connectivity index (χ2v) is 9.75. The van der Waals surface area contributed by atoms with E-state index in [1.54, 1.807) is 12.1 Å². The number of ketones is 4. The number of hydrogen-bond donors (Lipinski definition) is 9. The van der Waals surface area contributed by atoms with Crippen LogP contribution in [0, 0.1) is 10.8 Å². The molecule has 0 atom stereocenters. The van der Waals surface area contributed by atoms with Crippen LogP contribution in [-0.2, 0) is 28.7 Å². The van der Waals surface area contributed by atoms with Gasteiger partial charge in [0.25, 0.3) is 0 Å². The van der Waals surface area contributed by atoms with Gasteiger partial charge in [0, 0.05) is 11.8 Å². The van der Waals surface area contributed by atoms with Gasteiger partial charge in [0.1, 0.15) is 5.41 Å². The van der Waals surface area contributed by atoms with Crippen molar-refractivity contribution in [3.05, 3.63) is 93.1 Å². The van der Waals surface area contributed by atoms with E-state index in [0.29, 0.717) is 36.1 Å². The topological polar surface area (TPSA) is 300 Å². The number of rotatable bonds is 19. The molecule has 0 unspecified atom stereocenters. The number of carbonyl (C=O) groups excluding carboxylic acids is 5. The van der Waals surface area contributed by atoms with Crippen LogP contribution in [0.4, 0.5) is 5.69 Å². The predicted octanol–water partition coefficient (Wildman–Crippen LogP) is -1.91. The minimum absolute atomic E-state index is 0.222. The van der Waals surface area contributed by atoms with Crippen molar-refractivity contribution in [2.75, 3.05) is 45.4 Å². The van der Waals surface area contributed by atoms with Crippen LogP contribution in [0.1, 0.15) is 10.4 Å². The number of anilines is 1. The monoisotopic (exact) mass is 679 g/mol. The number of carboxylic acid groups (broad SMARTS) is 1. The Labute approximate surface area is 275 Å². The summed E-state index contributed by atoms with van der Waals surface area (Å²) in [6, 6.07) is 6.17. The van der Waals surface area contributed by atoms with Crippen LogP contribution >= 0.6 is 0 Å². The third-order valence-electron chi connectivity index (χ3n) is 6.95. The van der Waals surface area contributed by atoms with Crippen molar-refractivity contribution in [3.63, 3.8) is 0 Å². The number of carbonyl (C=O) groups is 6.